The Morgan fingerprint density at radius 1 is 0.765 bits per heavy atom. The van der Waals surface area contributed by atoms with Crippen LogP contribution < -0.4 is 35.7 Å². The molecule has 0 aromatic carbocycles. The Kier molecular flexibility index (Phi) is 12.6. The van der Waals surface area contributed by atoms with Crippen molar-refractivity contribution in [3.63, 3.8) is 0 Å². The number of fused-ring (bicyclic) bond motifs is 8. The number of nitriles is 1. The summed E-state index contributed by atoms with van der Waals surface area (Å²) in [7, 11) is -0.410. The van der Waals surface area contributed by atoms with Gasteiger partial charge in [-0.1, -0.05) is 24.2 Å². The molecule has 5 aliphatic heterocycles. The highest BCUT2D eigenvalue weighted by Crippen LogP contribution is 2.42. The van der Waals surface area contributed by atoms with Gasteiger partial charge in [0.15, 0.2) is 11.6 Å². The van der Waals surface area contributed by atoms with Crippen LogP contribution in [0, 0.1) is 17.9 Å². The largest absolute Gasteiger partial charge is 0.498 e. The number of urea groups is 2. The van der Waals surface area contributed by atoms with Gasteiger partial charge >= 0.3 is 19.2 Å². The summed E-state index contributed by atoms with van der Waals surface area (Å²) in [5, 5.41) is 15.1. The Hall–Kier alpha value is -7.71. The van der Waals surface area contributed by atoms with Gasteiger partial charge in [0.2, 0.25) is 0 Å². The highest BCUT2D eigenvalue weighted by Gasteiger charge is 2.52. The van der Waals surface area contributed by atoms with Gasteiger partial charge in [0, 0.05) is 55.8 Å². The number of carbonyl (C=O) groups excluding carboxylic acids is 2. The lowest BCUT2D eigenvalue weighted by atomic mass is 9.80. The number of hydrogen-bond donors (Lipinski definition) is 2. The molecule has 342 valence electrons. The SMILES string of the molecule is N#Cc1ccc(-c2ccc3c(n2)N(C(=O)Nc2cccnc2)[C@H]2CCN3C2)cn1.O=C(Nc1cccnc1)N1c2nc(Cl)ccc2N2CC[C@H]1C2.[C-]#[N+]c1ccc(B2OC(C)(C)C(C)(C)O2)cn1. The third kappa shape index (κ3) is 9.32. The Bertz CT molecular complexity index is 2890. The molecule has 0 spiro atoms. The maximum atomic E-state index is 13.1. The number of anilines is 6. The highest BCUT2D eigenvalue weighted by molar-refractivity contribution is 6.62. The molecule has 11 rings (SSSR count). The average Bonchev–Trinajstić information content (AvgIpc) is 4.03. The van der Waals surface area contributed by atoms with Crippen LogP contribution in [0.5, 0.6) is 0 Å². The first-order valence-corrected chi connectivity index (χ1v) is 22.4. The quantitative estimate of drug-likeness (QED) is 0.0992. The van der Waals surface area contributed by atoms with Crippen molar-refractivity contribution in [3.8, 4) is 17.3 Å². The molecule has 18 nitrogen and oxygen atoms in total. The summed E-state index contributed by atoms with van der Waals surface area (Å²) in [6, 6.07) is 23.6. The van der Waals surface area contributed by atoms with E-state index in [-0.39, 0.29) is 35.3 Å². The number of nitrogens with zero attached hydrogens (tertiary/aromatic N) is 12. The molecule has 6 aromatic rings. The zero-order valence-corrected chi connectivity index (χ0v) is 38.5. The monoisotopic (exact) mass is 928 g/mol. The molecule has 5 aliphatic rings. The molecule has 20 heteroatoms. The van der Waals surface area contributed by atoms with E-state index in [9.17, 15) is 9.59 Å². The Labute approximate surface area is 398 Å². The van der Waals surface area contributed by atoms with Crippen LogP contribution in [0.2, 0.25) is 5.15 Å². The fourth-order valence-corrected chi connectivity index (χ4v) is 8.66. The molecule has 68 heavy (non-hydrogen) atoms. The van der Waals surface area contributed by atoms with Crippen LogP contribution in [0.1, 0.15) is 46.2 Å². The number of rotatable bonds is 4. The van der Waals surface area contributed by atoms with Crippen molar-refractivity contribution in [1.29, 1.82) is 5.26 Å². The van der Waals surface area contributed by atoms with E-state index in [1.54, 1.807) is 77.3 Å². The van der Waals surface area contributed by atoms with Crippen molar-refractivity contribution in [1.82, 2.24) is 29.9 Å². The van der Waals surface area contributed by atoms with Crippen LogP contribution in [-0.2, 0) is 9.31 Å². The molecular weight excluding hydrogens is 883 g/mol. The van der Waals surface area contributed by atoms with E-state index in [2.05, 4.69) is 50.2 Å². The van der Waals surface area contributed by atoms with E-state index < -0.39 is 7.12 Å². The molecular formula is C48H46BClN14O4. The number of amides is 4. The van der Waals surface area contributed by atoms with Crippen LogP contribution in [0.3, 0.4) is 0 Å². The fraction of sp³-hybridized carbons (Fsp3) is 0.292. The van der Waals surface area contributed by atoms with Crippen molar-refractivity contribution in [2.24, 2.45) is 0 Å². The number of halogens is 1. The lowest BCUT2D eigenvalue weighted by molar-refractivity contribution is 0.00578. The summed E-state index contributed by atoms with van der Waals surface area (Å²) in [5.41, 5.74) is 5.22. The number of carbonyl (C=O) groups is 2. The van der Waals surface area contributed by atoms with Crippen molar-refractivity contribution >= 4 is 76.4 Å². The van der Waals surface area contributed by atoms with Gasteiger partial charge in [-0.15, -0.1) is 4.98 Å². The Morgan fingerprint density at radius 3 is 1.85 bits per heavy atom. The summed E-state index contributed by atoms with van der Waals surface area (Å²) < 4.78 is 11.8. The van der Waals surface area contributed by atoms with E-state index in [1.807, 2.05) is 76.2 Å². The van der Waals surface area contributed by atoms with E-state index in [1.165, 1.54) is 0 Å². The molecule has 2 N–H and O–H groups in total. The van der Waals surface area contributed by atoms with Crippen molar-refractivity contribution < 1.29 is 18.9 Å². The summed E-state index contributed by atoms with van der Waals surface area (Å²) >= 11 is 6.02. The number of hydrogen-bond acceptors (Lipinski definition) is 13. The second-order valence-corrected chi connectivity index (χ2v) is 18.0. The summed E-state index contributed by atoms with van der Waals surface area (Å²) in [6.45, 7) is 18.3. The minimum atomic E-state index is -0.410. The van der Waals surface area contributed by atoms with Crippen LogP contribution in [0.25, 0.3) is 16.1 Å². The molecule has 6 aromatic heterocycles. The third-order valence-corrected chi connectivity index (χ3v) is 12.9. The van der Waals surface area contributed by atoms with Gasteiger partial charge in [-0.25, -0.2) is 24.5 Å². The van der Waals surface area contributed by atoms with Crippen molar-refractivity contribution in [2.45, 2.75) is 63.8 Å². The second-order valence-electron chi connectivity index (χ2n) is 17.6. The van der Waals surface area contributed by atoms with Crippen LogP contribution in [0.15, 0.2) is 110 Å². The van der Waals surface area contributed by atoms with Gasteiger partial charge in [0.25, 0.3) is 5.82 Å². The van der Waals surface area contributed by atoms with Crippen LogP contribution >= 0.6 is 11.6 Å². The third-order valence-electron chi connectivity index (χ3n) is 12.7. The van der Waals surface area contributed by atoms with Gasteiger partial charge in [-0.3, -0.25) is 19.8 Å². The van der Waals surface area contributed by atoms with E-state index in [0.717, 1.165) is 61.4 Å². The summed E-state index contributed by atoms with van der Waals surface area (Å²) in [5.74, 6) is 1.65. The second kappa shape index (κ2) is 18.9. The van der Waals surface area contributed by atoms with E-state index in [0.29, 0.717) is 45.4 Å². The molecule has 0 radical (unpaired) electrons. The molecule has 4 amide bonds. The number of nitrogens with one attached hydrogen (secondary N) is 2. The fourth-order valence-electron chi connectivity index (χ4n) is 8.52. The van der Waals surface area contributed by atoms with Crippen molar-refractivity contribution in [2.75, 3.05) is 56.4 Å². The number of pyridine rings is 6. The molecule has 3 fully saturated rings. The molecule has 3 saturated heterocycles. The van der Waals surface area contributed by atoms with Gasteiger partial charge in [0.05, 0.1) is 64.1 Å². The molecule has 0 saturated carbocycles. The summed E-state index contributed by atoms with van der Waals surface area (Å²) in [6.07, 6.45) is 11.7. The first-order chi connectivity index (χ1) is 32.8. The smallest absolute Gasteiger partial charge is 0.399 e. The zero-order valence-electron chi connectivity index (χ0n) is 37.7. The molecule has 4 bridgehead atoms. The highest BCUT2D eigenvalue weighted by atomic mass is 35.5. The van der Waals surface area contributed by atoms with Gasteiger partial charge in [-0.2, -0.15) is 5.26 Å². The Morgan fingerprint density at radius 2 is 1.35 bits per heavy atom. The predicted octanol–water partition coefficient (Wildman–Crippen LogP) is 7.73. The zero-order chi connectivity index (χ0) is 47.6. The standard InChI is InChI=1S/C21H17N7O.C15H14ClN5O.C12H15BN2O2/c22-10-15-4-3-14(11-24-15)18-5-6-19-20(26-18)28(17-7-9-27(19)13-17)21(29)25-16-2-1-8-23-12-16;16-13-4-3-12-14(19-13)21(11-5-7-20(12)9-11)15(22)18-10-2-1-6-17-8-10;1-11(2)12(3,4)17-13(16-11)9-6-7-10(14-5)15-8-9/h1-6,8,11-12,17H,7,9,13H2,(H,25,29);1-4,6,8,11H,5,7,9H2,(H,18,22);6-8H,1-4H3/t17-;11-;/m00./s1. The first kappa shape index (κ1) is 45.5. The van der Waals surface area contributed by atoms with Crippen LogP contribution in [-0.4, -0.2) is 98.5 Å². The minimum absolute atomic E-state index is 0.0704. The Balaban J connectivity index is 0.000000132. The topological polar surface area (TPSA) is 195 Å². The van der Waals surface area contributed by atoms with Gasteiger partial charge < -0.3 is 34.6 Å². The molecule has 11 heterocycles. The number of aromatic nitrogens is 6. The summed E-state index contributed by atoms with van der Waals surface area (Å²) in [4.78, 5) is 62.5. The van der Waals surface area contributed by atoms with Gasteiger partial charge in [-0.05, 0) is 107 Å². The molecule has 0 aliphatic carbocycles. The van der Waals surface area contributed by atoms with Gasteiger partial charge in [0.1, 0.15) is 23.1 Å². The van der Waals surface area contributed by atoms with E-state index in [4.69, 9.17) is 37.7 Å². The first-order valence-electron chi connectivity index (χ1n) is 22.0. The lowest BCUT2D eigenvalue weighted by Crippen LogP contribution is -2.48. The van der Waals surface area contributed by atoms with Crippen LogP contribution in [0.4, 0.5) is 49.8 Å². The normalized spacial score (nSPS) is 18.7. The minimum Gasteiger partial charge on any atom is -0.399 e. The maximum absolute atomic E-state index is 13.1. The average molecular weight is 929 g/mol. The van der Waals surface area contributed by atoms with E-state index >= 15 is 0 Å². The maximum Gasteiger partial charge on any atom is 0.498 e. The predicted molar refractivity (Wildman–Crippen MR) is 260 cm³/mol. The van der Waals surface area contributed by atoms with Crippen molar-refractivity contribution in [3.05, 3.63) is 132 Å². The molecule has 2 atom stereocenters. The molecule has 0 unspecified atom stereocenters. The lowest BCUT2D eigenvalue weighted by Gasteiger charge is -2.35.